The van der Waals surface area contributed by atoms with Crippen molar-refractivity contribution in [3.8, 4) is 0 Å². The van der Waals surface area contributed by atoms with Crippen LogP contribution in [0.25, 0.3) is 0 Å². The fraction of sp³-hybridized carbons (Fsp3) is 0. The Bertz CT molecular complexity index is 67.7. The molecule has 0 saturated carbocycles. The highest BCUT2D eigenvalue weighted by Crippen LogP contribution is 2.33. The summed E-state index contributed by atoms with van der Waals surface area (Å²) in [6, 6.07) is 0. The minimum absolute atomic E-state index is 0.986. The molecule has 1 aliphatic heterocycles. The van der Waals surface area contributed by atoms with Crippen LogP contribution in [-0.2, 0) is 0 Å². The zero-order valence-electron chi connectivity index (χ0n) is 2.41. The summed E-state index contributed by atoms with van der Waals surface area (Å²) in [6.07, 6.45) is 0. The Morgan fingerprint density at radius 1 is 1.20 bits per heavy atom. The van der Waals surface area contributed by atoms with Crippen LogP contribution in [0.15, 0.2) is 11.4 Å². The molecular weight excluding hydrogens is 212 g/mol. The molecule has 0 unspecified atom stereocenters. The van der Waals surface area contributed by atoms with E-state index in [9.17, 15) is 0 Å². The molecule has 0 aromatic heterocycles. The Hall–Kier alpha value is 0.917. The molecular formula is C2H2Br2Si. The van der Waals surface area contributed by atoms with E-state index in [-0.39, 0.29) is 0 Å². The molecule has 28 valence electrons. The van der Waals surface area contributed by atoms with Crippen molar-refractivity contribution in [3.05, 3.63) is 11.4 Å². The van der Waals surface area contributed by atoms with Gasteiger partial charge in [0, 0.05) is 0 Å². The van der Waals surface area contributed by atoms with Gasteiger partial charge in [-0.05, 0) is 0 Å². The zero-order valence-corrected chi connectivity index (χ0v) is 6.58. The van der Waals surface area contributed by atoms with Crippen LogP contribution in [-0.4, -0.2) is 5.31 Å². The molecule has 1 rings (SSSR count). The summed E-state index contributed by atoms with van der Waals surface area (Å²) in [5.74, 6) is 0. The molecule has 0 nitrogen and oxygen atoms in total. The van der Waals surface area contributed by atoms with E-state index in [0.717, 1.165) is 0 Å². The van der Waals surface area contributed by atoms with Crippen LogP contribution in [0.2, 0.25) is 0 Å². The van der Waals surface area contributed by atoms with Gasteiger partial charge in [0.05, 0.1) is 0 Å². The van der Waals surface area contributed by atoms with Gasteiger partial charge in [0.1, 0.15) is 0 Å². The molecule has 0 aromatic rings. The van der Waals surface area contributed by atoms with Crippen LogP contribution < -0.4 is 0 Å². The van der Waals surface area contributed by atoms with Crippen molar-refractivity contribution in [3.63, 3.8) is 0 Å². The predicted molar refractivity (Wildman–Crippen MR) is 32.7 cm³/mol. The van der Waals surface area contributed by atoms with E-state index in [2.05, 4.69) is 42.0 Å². The van der Waals surface area contributed by atoms with Gasteiger partial charge in [0.2, 0.25) is 5.31 Å². The highest BCUT2D eigenvalue weighted by atomic mass is 79.9. The quantitative estimate of drug-likeness (QED) is 0.426. The van der Waals surface area contributed by atoms with Crippen LogP contribution in [0.5, 0.6) is 0 Å². The zero-order chi connectivity index (χ0) is 3.91. The Balaban J connectivity index is 2.47. The third-order valence-corrected chi connectivity index (χ3v) is 4.43. The van der Waals surface area contributed by atoms with Gasteiger partial charge in [-0.2, -0.15) is 0 Å². The minimum atomic E-state index is -0.986. The summed E-state index contributed by atoms with van der Waals surface area (Å²) in [7, 11) is 0. The topological polar surface area (TPSA) is 0 Å². The molecule has 0 fully saturated rings. The van der Waals surface area contributed by atoms with E-state index in [4.69, 9.17) is 0 Å². The van der Waals surface area contributed by atoms with Crippen molar-refractivity contribution in [1.29, 1.82) is 0 Å². The Morgan fingerprint density at radius 2 is 1.40 bits per heavy atom. The van der Waals surface area contributed by atoms with Gasteiger partial charge < -0.3 is 0 Å². The number of rotatable bonds is 0. The third-order valence-electron chi connectivity index (χ3n) is 0.419. The van der Waals surface area contributed by atoms with E-state index in [1.165, 1.54) is 0 Å². The van der Waals surface area contributed by atoms with Crippen molar-refractivity contribution < 1.29 is 0 Å². The molecule has 0 saturated heterocycles. The first-order valence-corrected chi connectivity index (χ1v) is 7.96. The predicted octanol–water partition coefficient (Wildman–Crippen LogP) is 1.87. The van der Waals surface area contributed by atoms with E-state index in [1.54, 1.807) is 0 Å². The highest BCUT2D eigenvalue weighted by molar-refractivity contribution is 9.52. The van der Waals surface area contributed by atoms with Crippen LogP contribution >= 0.6 is 30.6 Å². The lowest BCUT2D eigenvalue weighted by molar-refractivity contribution is 2.81. The summed E-state index contributed by atoms with van der Waals surface area (Å²) in [5.41, 5.74) is 4.32. The van der Waals surface area contributed by atoms with Crippen molar-refractivity contribution in [2.45, 2.75) is 0 Å². The van der Waals surface area contributed by atoms with Gasteiger partial charge in [-0.3, -0.25) is 0 Å². The highest BCUT2D eigenvalue weighted by Gasteiger charge is 2.29. The summed E-state index contributed by atoms with van der Waals surface area (Å²) in [5, 5.41) is -0.986. The molecule has 1 heterocycles. The summed E-state index contributed by atoms with van der Waals surface area (Å²) in [6.45, 7) is 0. The van der Waals surface area contributed by atoms with Crippen LogP contribution in [0.1, 0.15) is 0 Å². The van der Waals surface area contributed by atoms with Gasteiger partial charge in [0.15, 0.2) is 0 Å². The molecule has 1 aliphatic rings. The van der Waals surface area contributed by atoms with E-state index >= 15 is 0 Å². The fourth-order valence-electron chi connectivity index (χ4n) is 0.0630. The first-order valence-electron chi connectivity index (χ1n) is 1.29. The summed E-state index contributed by atoms with van der Waals surface area (Å²) < 4.78 is 0. The molecule has 5 heavy (non-hydrogen) atoms. The van der Waals surface area contributed by atoms with Crippen LogP contribution in [0, 0.1) is 0 Å². The second kappa shape index (κ2) is 0.949. The maximum Gasteiger partial charge on any atom is 0.244 e. The minimum Gasteiger partial charge on any atom is -0.100 e. The van der Waals surface area contributed by atoms with E-state index < -0.39 is 5.31 Å². The van der Waals surface area contributed by atoms with Gasteiger partial charge in [-0.1, -0.05) is 11.4 Å². The molecule has 0 spiro atoms. The molecule has 0 atom stereocenters. The lowest BCUT2D eigenvalue weighted by atomic mass is 11.3. The van der Waals surface area contributed by atoms with Crippen molar-refractivity contribution in [2.24, 2.45) is 0 Å². The van der Waals surface area contributed by atoms with Gasteiger partial charge in [-0.25, -0.2) is 0 Å². The van der Waals surface area contributed by atoms with Crippen molar-refractivity contribution in [2.75, 3.05) is 0 Å². The lowest BCUT2D eigenvalue weighted by Crippen LogP contribution is -1.86. The summed E-state index contributed by atoms with van der Waals surface area (Å²) >= 11 is 6.86. The molecule has 0 N–H and O–H groups in total. The van der Waals surface area contributed by atoms with Crippen molar-refractivity contribution >= 4 is 35.9 Å². The monoisotopic (exact) mass is 212 g/mol. The molecule has 0 aromatic carbocycles. The van der Waals surface area contributed by atoms with E-state index in [0.29, 0.717) is 0 Å². The Labute approximate surface area is 47.4 Å². The number of hydrogen-bond acceptors (Lipinski definition) is 0. The van der Waals surface area contributed by atoms with Crippen molar-refractivity contribution in [1.82, 2.24) is 0 Å². The molecule has 0 radical (unpaired) electrons. The average molecular weight is 214 g/mol. The first-order chi connectivity index (χ1) is 2.21. The Kier molecular flexibility index (Phi) is 0.775. The normalized spacial score (nSPS) is 26.8. The summed E-state index contributed by atoms with van der Waals surface area (Å²) in [4.78, 5) is 0. The maximum atomic E-state index is 3.43. The number of hydrogen-bond donors (Lipinski definition) is 0. The second-order valence-electron chi connectivity index (χ2n) is 1.01. The lowest BCUT2D eigenvalue weighted by Gasteiger charge is -1.78. The fourth-order valence-corrected chi connectivity index (χ4v) is 2.95. The largest absolute Gasteiger partial charge is 0.244 e. The third kappa shape index (κ3) is 1.19. The van der Waals surface area contributed by atoms with Gasteiger partial charge in [0.25, 0.3) is 0 Å². The molecule has 3 heteroatoms. The van der Waals surface area contributed by atoms with Crippen LogP contribution in [0.3, 0.4) is 0 Å². The van der Waals surface area contributed by atoms with E-state index in [1.807, 2.05) is 0 Å². The SMILES string of the molecule is Br[Si]1(Br)C=C1. The average Bonchev–Trinajstić information content (AvgIpc) is 1.76. The van der Waals surface area contributed by atoms with Gasteiger partial charge in [-0.15, -0.1) is 30.6 Å². The molecule has 0 amide bonds. The Morgan fingerprint density at radius 3 is 1.40 bits per heavy atom. The standard InChI is InChI=1S/C2H2Br2Si/c3-5(4)1-2-5/h1-2H. The first kappa shape index (κ1) is 4.09. The second-order valence-corrected chi connectivity index (χ2v) is 14.1. The number of halogens is 2. The molecule has 0 aliphatic carbocycles. The van der Waals surface area contributed by atoms with Crippen LogP contribution in [0.4, 0.5) is 0 Å². The smallest absolute Gasteiger partial charge is 0.100 e. The molecule has 0 bridgehead atoms. The maximum absolute atomic E-state index is 3.43. The van der Waals surface area contributed by atoms with Gasteiger partial charge >= 0.3 is 0 Å².